The van der Waals surface area contributed by atoms with Gasteiger partial charge in [0.05, 0.1) is 18.4 Å². The minimum atomic E-state index is -0.444. The van der Waals surface area contributed by atoms with E-state index in [4.69, 9.17) is 4.74 Å². The summed E-state index contributed by atoms with van der Waals surface area (Å²) in [5, 5.41) is 9.74. The van der Waals surface area contributed by atoms with Crippen LogP contribution in [-0.4, -0.2) is 18.4 Å². The lowest BCUT2D eigenvalue weighted by Gasteiger charge is -2.05. The second kappa shape index (κ2) is 5.84. The lowest BCUT2D eigenvalue weighted by molar-refractivity contribution is 0.406. The maximum atomic E-state index is 13.6. The first kappa shape index (κ1) is 13.5. The highest BCUT2D eigenvalue weighted by molar-refractivity contribution is 9.10. The fourth-order valence-electron chi connectivity index (χ4n) is 1.56. The fourth-order valence-corrected chi connectivity index (χ4v) is 1.89. The summed E-state index contributed by atoms with van der Waals surface area (Å²) >= 11 is 3.17. The van der Waals surface area contributed by atoms with Crippen LogP contribution in [0.3, 0.4) is 0 Å². The first-order valence-corrected chi connectivity index (χ1v) is 6.26. The van der Waals surface area contributed by atoms with E-state index in [1.807, 2.05) is 0 Å². The molecule has 0 radical (unpaired) electrons. The highest BCUT2D eigenvalue weighted by atomic mass is 79.9. The fraction of sp³-hybridized carbons (Fsp3) is 0.0714. The Morgan fingerprint density at radius 3 is 2.79 bits per heavy atom. The third-order valence-electron chi connectivity index (χ3n) is 2.51. The topological polar surface area (TPSA) is 41.8 Å². The average molecular weight is 324 g/mol. The molecule has 0 amide bonds. The number of hydrogen-bond acceptors (Lipinski definition) is 3. The molecule has 2 rings (SSSR count). The Morgan fingerprint density at radius 2 is 2.11 bits per heavy atom. The van der Waals surface area contributed by atoms with Crippen molar-refractivity contribution in [2.45, 2.75) is 0 Å². The molecule has 0 aromatic heterocycles. The van der Waals surface area contributed by atoms with Gasteiger partial charge in [0.25, 0.3) is 0 Å². The second-order valence-electron chi connectivity index (χ2n) is 3.75. The summed E-state index contributed by atoms with van der Waals surface area (Å²) in [7, 11) is 1.49. The molecule has 0 bridgehead atoms. The first-order chi connectivity index (χ1) is 9.11. The summed E-state index contributed by atoms with van der Waals surface area (Å²) in [6.45, 7) is 0. The molecule has 2 aromatic carbocycles. The van der Waals surface area contributed by atoms with Crippen LogP contribution >= 0.6 is 15.9 Å². The maximum absolute atomic E-state index is 13.6. The van der Waals surface area contributed by atoms with E-state index >= 15 is 0 Å². The van der Waals surface area contributed by atoms with Gasteiger partial charge >= 0.3 is 0 Å². The highest BCUT2D eigenvalue weighted by Crippen LogP contribution is 2.27. The standard InChI is InChI=1S/C14H11BrFNO2/c1-19-14-4-2-3-13(18)10(14)8-17-12-6-5-9(15)7-11(12)16/h2-8,18H,1H3/b17-8+. The number of nitrogens with zero attached hydrogens (tertiary/aromatic N) is 1. The maximum Gasteiger partial charge on any atom is 0.149 e. The number of benzene rings is 2. The Labute approximate surface area is 118 Å². The quantitative estimate of drug-likeness (QED) is 0.866. The van der Waals surface area contributed by atoms with Gasteiger partial charge in [-0.2, -0.15) is 0 Å². The smallest absolute Gasteiger partial charge is 0.149 e. The molecule has 0 heterocycles. The summed E-state index contributed by atoms with van der Waals surface area (Å²) in [5.41, 5.74) is 0.598. The van der Waals surface area contributed by atoms with Crippen LogP contribution in [-0.2, 0) is 0 Å². The van der Waals surface area contributed by atoms with Gasteiger partial charge in [-0.25, -0.2) is 4.39 Å². The molecular formula is C14H11BrFNO2. The van der Waals surface area contributed by atoms with Crippen LogP contribution in [0.5, 0.6) is 11.5 Å². The van der Waals surface area contributed by atoms with Crippen molar-refractivity contribution in [2.75, 3.05) is 7.11 Å². The van der Waals surface area contributed by atoms with Crippen molar-refractivity contribution < 1.29 is 14.2 Å². The Kier molecular flexibility index (Phi) is 4.16. The molecule has 1 N–H and O–H groups in total. The van der Waals surface area contributed by atoms with Crippen molar-refractivity contribution in [1.82, 2.24) is 0 Å². The van der Waals surface area contributed by atoms with Crippen LogP contribution in [0.2, 0.25) is 0 Å². The van der Waals surface area contributed by atoms with Gasteiger partial charge in [0.1, 0.15) is 17.3 Å². The van der Waals surface area contributed by atoms with Gasteiger partial charge in [-0.15, -0.1) is 0 Å². The number of rotatable bonds is 3. The molecule has 0 saturated heterocycles. The average Bonchev–Trinajstić information content (AvgIpc) is 2.39. The van der Waals surface area contributed by atoms with Crippen LogP contribution < -0.4 is 4.74 Å². The molecule has 98 valence electrons. The molecule has 0 aliphatic carbocycles. The van der Waals surface area contributed by atoms with Crippen LogP contribution in [0.25, 0.3) is 0 Å². The van der Waals surface area contributed by atoms with E-state index in [9.17, 15) is 9.50 Å². The largest absolute Gasteiger partial charge is 0.507 e. The van der Waals surface area contributed by atoms with Crippen LogP contribution in [0.4, 0.5) is 10.1 Å². The van der Waals surface area contributed by atoms with Crippen LogP contribution in [0.15, 0.2) is 45.9 Å². The van der Waals surface area contributed by atoms with Gasteiger partial charge in [0.2, 0.25) is 0 Å². The lowest BCUT2D eigenvalue weighted by Crippen LogP contribution is -1.91. The molecule has 0 aliphatic heterocycles. The predicted molar refractivity (Wildman–Crippen MR) is 76.0 cm³/mol. The highest BCUT2D eigenvalue weighted by Gasteiger charge is 2.06. The molecular weight excluding hydrogens is 313 g/mol. The number of phenolic OH excluding ortho intramolecular Hbond substituents is 1. The SMILES string of the molecule is COc1cccc(O)c1/C=N/c1ccc(Br)cc1F. The van der Waals surface area contributed by atoms with Gasteiger partial charge in [-0.1, -0.05) is 22.0 Å². The minimum Gasteiger partial charge on any atom is -0.507 e. The summed E-state index contributed by atoms with van der Waals surface area (Å²) in [5.74, 6) is 0.0573. The van der Waals surface area contributed by atoms with E-state index < -0.39 is 5.82 Å². The number of phenols is 1. The zero-order chi connectivity index (χ0) is 13.8. The van der Waals surface area contributed by atoms with Gasteiger partial charge in [0.15, 0.2) is 0 Å². The number of aliphatic imine (C=N–C) groups is 1. The van der Waals surface area contributed by atoms with Crippen LogP contribution in [0.1, 0.15) is 5.56 Å². The summed E-state index contributed by atoms with van der Waals surface area (Å²) in [6, 6.07) is 9.43. The van der Waals surface area contributed by atoms with Crippen molar-refractivity contribution in [3.63, 3.8) is 0 Å². The summed E-state index contributed by atoms with van der Waals surface area (Å²) in [6.07, 6.45) is 1.38. The Morgan fingerprint density at radius 1 is 1.32 bits per heavy atom. The van der Waals surface area contributed by atoms with Crippen LogP contribution in [0, 0.1) is 5.82 Å². The van der Waals surface area contributed by atoms with E-state index in [0.29, 0.717) is 15.8 Å². The summed E-state index contributed by atoms with van der Waals surface area (Å²) < 4.78 is 19.4. The van der Waals surface area contributed by atoms with E-state index in [-0.39, 0.29) is 11.4 Å². The number of halogens is 2. The summed E-state index contributed by atoms with van der Waals surface area (Å²) in [4.78, 5) is 4.03. The Balaban J connectivity index is 2.37. The third-order valence-corrected chi connectivity index (χ3v) is 3.00. The van der Waals surface area contributed by atoms with Crippen molar-refractivity contribution in [1.29, 1.82) is 0 Å². The zero-order valence-electron chi connectivity index (χ0n) is 10.1. The lowest BCUT2D eigenvalue weighted by atomic mass is 10.2. The van der Waals surface area contributed by atoms with Gasteiger partial charge < -0.3 is 9.84 Å². The molecule has 0 spiro atoms. The van der Waals surface area contributed by atoms with E-state index in [1.165, 1.54) is 25.5 Å². The molecule has 0 saturated carbocycles. The monoisotopic (exact) mass is 323 g/mol. The molecule has 0 unspecified atom stereocenters. The van der Waals surface area contributed by atoms with E-state index in [0.717, 1.165) is 0 Å². The number of methoxy groups -OCH3 is 1. The van der Waals surface area contributed by atoms with Gasteiger partial charge in [-0.05, 0) is 30.3 Å². The van der Waals surface area contributed by atoms with Crippen molar-refractivity contribution in [2.24, 2.45) is 4.99 Å². The number of ether oxygens (including phenoxy) is 1. The van der Waals surface area contributed by atoms with Crippen molar-refractivity contribution in [3.05, 3.63) is 52.3 Å². The molecule has 0 aliphatic rings. The van der Waals surface area contributed by atoms with Gasteiger partial charge in [-0.3, -0.25) is 4.99 Å². The number of aromatic hydroxyl groups is 1. The second-order valence-corrected chi connectivity index (χ2v) is 4.66. The first-order valence-electron chi connectivity index (χ1n) is 5.47. The minimum absolute atomic E-state index is 0.0284. The molecule has 19 heavy (non-hydrogen) atoms. The molecule has 0 fully saturated rings. The van der Waals surface area contributed by atoms with Crippen molar-refractivity contribution in [3.8, 4) is 11.5 Å². The third kappa shape index (κ3) is 3.12. The Hall–Kier alpha value is -1.88. The zero-order valence-corrected chi connectivity index (χ0v) is 11.7. The predicted octanol–water partition coefficient (Wildman–Crippen LogP) is 4.05. The molecule has 0 atom stereocenters. The molecule has 2 aromatic rings. The normalized spacial score (nSPS) is 10.9. The molecule has 3 nitrogen and oxygen atoms in total. The molecule has 5 heteroatoms. The van der Waals surface area contributed by atoms with Gasteiger partial charge in [0, 0.05) is 10.7 Å². The number of hydrogen-bond donors (Lipinski definition) is 1. The van der Waals surface area contributed by atoms with E-state index in [2.05, 4.69) is 20.9 Å². The van der Waals surface area contributed by atoms with E-state index in [1.54, 1.807) is 24.3 Å². The van der Waals surface area contributed by atoms with Crippen molar-refractivity contribution >= 4 is 27.8 Å². The Bertz CT molecular complexity index is 629.